The van der Waals surface area contributed by atoms with Gasteiger partial charge in [-0.2, -0.15) is 0 Å². The van der Waals surface area contributed by atoms with Gasteiger partial charge in [-0.25, -0.2) is 9.78 Å². The number of aryl methyl sites for hydroxylation is 1. The number of esters is 1. The predicted molar refractivity (Wildman–Crippen MR) is 110 cm³/mol. The fourth-order valence-corrected chi connectivity index (χ4v) is 3.58. The summed E-state index contributed by atoms with van der Waals surface area (Å²) in [7, 11) is 0. The number of hydrogen-bond donors (Lipinski definition) is 0. The Balaban J connectivity index is 1.61. The summed E-state index contributed by atoms with van der Waals surface area (Å²) in [5.41, 5.74) is 1.54. The van der Waals surface area contributed by atoms with Crippen LogP contribution in [-0.2, 0) is 27.2 Å². The van der Waals surface area contributed by atoms with Crippen molar-refractivity contribution in [2.75, 3.05) is 4.90 Å². The lowest BCUT2D eigenvalue weighted by molar-refractivity contribution is -0.157. The third kappa shape index (κ3) is 3.87. The van der Waals surface area contributed by atoms with Crippen LogP contribution in [0.5, 0.6) is 0 Å². The van der Waals surface area contributed by atoms with Crippen molar-refractivity contribution in [2.24, 2.45) is 0 Å². The van der Waals surface area contributed by atoms with Crippen molar-refractivity contribution in [1.29, 1.82) is 0 Å². The topological polar surface area (TPSA) is 85.8 Å². The van der Waals surface area contributed by atoms with Gasteiger partial charge in [0.05, 0.1) is 18.4 Å². The maximum atomic E-state index is 13.3. The molecule has 7 nitrogen and oxygen atoms in total. The van der Waals surface area contributed by atoms with E-state index in [1.165, 1.54) is 11.2 Å². The van der Waals surface area contributed by atoms with Crippen molar-refractivity contribution in [3.05, 3.63) is 59.7 Å². The lowest BCUT2D eigenvalue weighted by Crippen LogP contribution is -2.46. The summed E-state index contributed by atoms with van der Waals surface area (Å²) < 4.78 is 16.6. The molecule has 3 aromatic rings. The highest BCUT2D eigenvalue weighted by molar-refractivity contribution is 6.03. The van der Waals surface area contributed by atoms with Crippen molar-refractivity contribution in [3.8, 4) is 11.7 Å². The molecule has 1 aromatic carbocycles. The minimum absolute atomic E-state index is 0.00364. The van der Waals surface area contributed by atoms with E-state index >= 15 is 0 Å². The molecule has 3 heterocycles. The molecular formula is C23H24N2O5. The number of nitrogens with zero attached hydrogens (tertiary/aromatic N) is 2. The van der Waals surface area contributed by atoms with Crippen LogP contribution in [0, 0.1) is 6.92 Å². The number of carbonyl (C=O) groups excluding carboxylic acids is 2. The van der Waals surface area contributed by atoms with E-state index < -0.39 is 17.6 Å². The van der Waals surface area contributed by atoms with Crippen LogP contribution in [0.4, 0.5) is 5.69 Å². The molecule has 1 aliphatic rings. The van der Waals surface area contributed by atoms with Crippen molar-refractivity contribution >= 4 is 17.6 Å². The molecule has 0 fully saturated rings. The number of oxazole rings is 1. The molecule has 0 aliphatic carbocycles. The molecule has 0 saturated heterocycles. The molecule has 1 aliphatic heterocycles. The number of benzene rings is 1. The van der Waals surface area contributed by atoms with Crippen LogP contribution in [-0.4, -0.2) is 28.5 Å². The van der Waals surface area contributed by atoms with Gasteiger partial charge in [-0.05, 0) is 51.5 Å². The second kappa shape index (κ2) is 7.48. The molecule has 156 valence electrons. The maximum absolute atomic E-state index is 13.3. The summed E-state index contributed by atoms with van der Waals surface area (Å²) in [5.74, 6) is 0.704. The summed E-state index contributed by atoms with van der Waals surface area (Å²) in [5, 5.41) is 0. The molecule has 0 radical (unpaired) electrons. The monoisotopic (exact) mass is 408 g/mol. The Labute approximate surface area is 174 Å². The minimum Gasteiger partial charge on any atom is -0.459 e. The highest BCUT2D eigenvalue weighted by atomic mass is 16.6. The fourth-order valence-electron chi connectivity index (χ4n) is 3.58. The molecule has 0 saturated carbocycles. The first kappa shape index (κ1) is 19.9. The first-order valence-electron chi connectivity index (χ1n) is 9.86. The number of hydrogen-bond acceptors (Lipinski definition) is 6. The van der Waals surface area contributed by atoms with Crippen LogP contribution in [0.1, 0.15) is 37.8 Å². The molecule has 0 N–H and O–H groups in total. The third-order valence-corrected chi connectivity index (χ3v) is 4.87. The van der Waals surface area contributed by atoms with Gasteiger partial charge in [-0.3, -0.25) is 9.69 Å². The number of ether oxygens (including phenoxy) is 1. The Morgan fingerprint density at radius 1 is 1.20 bits per heavy atom. The second-order valence-corrected chi connectivity index (χ2v) is 8.32. The van der Waals surface area contributed by atoms with Gasteiger partial charge in [0, 0.05) is 12.1 Å². The average molecular weight is 408 g/mol. The number of anilines is 1. The molecule has 0 unspecified atom stereocenters. The number of carbonyl (C=O) groups is 2. The molecule has 0 bridgehead atoms. The number of rotatable bonds is 4. The SMILES string of the molecule is Cc1oc(-c2ccco2)nc1CC(=O)N1c2ccccc2C[C@H]1C(=O)OC(C)(C)C. The molecule has 2 aromatic heterocycles. The smallest absolute Gasteiger partial charge is 0.330 e. The fraction of sp³-hybridized carbons (Fsp3) is 0.348. The lowest BCUT2D eigenvalue weighted by Gasteiger charge is -2.27. The van der Waals surface area contributed by atoms with Crippen LogP contribution in [0.2, 0.25) is 0 Å². The zero-order chi connectivity index (χ0) is 21.5. The standard InChI is InChI=1S/C23H24N2O5/c1-14-16(24-21(29-14)19-10-7-11-28-19)13-20(26)25-17-9-6-5-8-15(17)12-18(25)22(27)30-23(2,3)4/h5-11,18H,12-13H2,1-4H3/t18-/m0/s1. The summed E-state index contributed by atoms with van der Waals surface area (Å²) in [6.07, 6.45) is 1.96. The maximum Gasteiger partial charge on any atom is 0.330 e. The van der Waals surface area contributed by atoms with E-state index in [2.05, 4.69) is 4.98 Å². The number of fused-ring (bicyclic) bond motifs is 1. The summed E-state index contributed by atoms with van der Waals surface area (Å²) >= 11 is 0. The van der Waals surface area contributed by atoms with Gasteiger partial charge < -0.3 is 13.6 Å². The zero-order valence-electron chi connectivity index (χ0n) is 17.5. The first-order chi connectivity index (χ1) is 14.2. The number of aromatic nitrogens is 1. The molecule has 1 amide bonds. The van der Waals surface area contributed by atoms with Gasteiger partial charge >= 0.3 is 5.97 Å². The third-order valence-electron chi connectivity index (χ3n) is 4.87. The van der Waals surface area contributed by atoms with Crippen molar-refractivity contribution in [2.45, 2.75) is 52.2 Å². The predicted octanol–water partition coefficient (Wildman–Crippen LogP) is 4.09. The van der Waals surface area contributed by atoms with E-state index in [4.69, 9.17) is 13.6 Å². The average Bonchev–Trinajstić information content (AvgIpc) is 3.38. The molecule has 30 heavy (non-hydrogen) atoms. The van der Waals surface area contributed by atoms with Gasteiger partial charge in [0.15, 0.2) is 5.76 Å². The molecule has 4 rings (SSSR count). The van der Waals surface area contributed by atoms with E-state index in [0.29, 0.717) is 29.5 Å². The van der Waals surface area contributed by atoms with Gasteiger partial charge in [0.2, 0.25) is 5.91 Å². The molecule has 0 spiro atoms. The van der Waals surface area contributed by atoms with Crippen molar-refractivity contribution < 1.29 is 23.2 Å². The van der Waals surface area contributed by atoms with E-state index in [0.717, 1.165) is 11.3 Å². The lowest BCUT2D eigenvalue weighted by atomic mass is 10.1. The Hall–Kier alpha value is -3.35. The van der Waals surface area contributed by atoms with E-state index in [1.54, 1.807) is 19.1 Å². The summed E-state index contributed by atoms with van der Waals surface area (Å²) in [6.45, 7) is 7.20. The van der Waals surface area contributed by atoms with Crippen LogP contribution in [0.3, 0.4) is 0 Å². The molecule has 1 atom stereocenters. The summed E-state index contributed by atoms with van der Waals surface area (Å²) in [6, 6.07) is 10.3. The van der Waals surface area contributed by atoms with E-state index in [1.807, 2.05) is 45.0 Å². The second-order valence-electron chi connectivity index (χ2n) is 8.32. The first-order valence-corrected chi connectivity index (χ1v) is 9.86. The normalized spacial score (nSPS) is 15.9. The van der Waals surface area contributed by atoms with Gasteiger partial charge in [0.25, 0.3) is 5.89 Å². The van der Waals surface area contributed by atoms with Crippen molar-refractivity contribution in [1.82, 2.24) is 4.98 Å². The van der Waals surface area contributed by atoms with E-state index in [9.17, 15) is 9.59 Å². The molecular weight excluding hydrogens is 384 g/mol. The van der Waals surface area contributed by atoms with Crippen LogP contribution in [0.15, 0.2) is 51.5 Å². The van der Waals surface area contributed by atoms with Gasteiger partial charge in [0.1, 0.15) is 17.4 Å². The zero-order valence-corrected chi connectivity index (χ0v) is 17.5. The quantitative estimate of drug-likeness (QED) is 0.605. The molecule has 7 heteroatoms. The Morgan fingerprint density at radius 2 is 1.97 bits per heavy atom. The Morgan fingerprint density at radius 3 is 2.67 bits per heavy atom. The highest BCUT2D eigenvalue weighted by Crippen LogP contribution is 2.34. The highest BCUT2D eigenvalue weighted by Gasteiger charge is 2.40. The van der Waals surface area contributed by atoms with Crippen LogP contribution in [0.25, 0.3) is 11.7 Å². The number of para-hydroxylation sites is 1. The van der Waals surface area contributed by atoms with Crippen molar-refractivity contribution in [3.63, 3.8) is 0 Å². The van der Waals surface area contributed by atoms with Crippen LogP contribution < -0.4 is 4.90 Å². The largest absolute Gasteiger partial charge is 0.459 e. The van der Waals surface area contributed by atoms with E-state index in [-0.39, 0.29) is 12.3 Å². The Kier molecular flexibility index (Phi) is 4.97. The Bertz CT molecular complexity index is 1080. The number of furan rings is 1. The van der Waals surface area contributed by atoms with Gasteiger partial charge in [-0.15, -0.1) is 0 Å². The van der Waals surface area contributed by atoms with Crippen LogP contribution >= 0.6 is 0 Å². The number of amides is 1. The van der Waals surface area contributed by atoms with Gasteiger partial charge in [-0.1, -0.05) is 18.2 Å². The summed E-state index contributed by atoms with van der Waals surface area (Å²) in [4.78, 5) is 32.1. The minimum atomic E-state index is -0.703.